The lowest BCUT2D eigenvalue weighted by Gasteiger charge is -2.08. The van der Waals surface area contributed by atoms with E-state index in [-0.39, 0.29) is 11.8 Å². The smallest absolute Gasteiger partial charge is 0.222 e. The van der Waals surface area contributed by atoms with Crippen molar-refractivity contribution >= 4 is 5.91 Å². The number of carbonyl (C=O) groups excluding carboxylic acids is 1. The third-order valence-electron chi connectivity index (χ3n) is 2.02. The van der Waals surface area contributed by atoms with E-state index < -0.39 is 0 Å². The summed E-state index contributed by atoms with van der Waals surface area (Å²) in [6.07, 6.45) is 0. The zero-order valence-electron chi connectivity index (χ0n) is 11.2. The predicted octanol–water partition coefficient (Wildman–Crippen LogP) is 0.828. The Balaban J connectivity index is 3.06. The highest BCUT2D eigenvalue weighted by Crippen LogP contribution is 1.89. The molecule has 0 aliphatic heterocycles. The number of carbonyl (C=O) groups is 1. The lowest BCUT2D eigenvalue weighted by Crippen LogP contribution is -2.31. The third-order valence-corrected chi connectivity index (χ3v) is 2.02. The van der Waals surface area contributed by atoms with Crippen molar-refractivity contribution in [2.24, 2.45) is 5.92 Å². The molecule has 0 aliphatic carbocycles. The van der Waals surface area contributed by atoms with Gasteiger partial charge in [0.25, 0.3) is 0 Å². The van der Waals surface area contributed by atoms with Crippen molar-refractivity contribution in [1.82, 2.24) is 5.32 Å². The van der Waals surface area contributed by atoms with E-state index in [9.17, 15) is 4.79 Å². The fraction of sp³-hybridized carbons (Fsp3) is 0.917. The molecule has 5 nitrogen and oxygen atoms in total. The zero-order chi connectivity index (χ0) is 12.9. The maximum absolute atomic E-state index is 11.2. The first kappa shape index (κ1) is 16.4. The summed E-state index contributed by atoms with van der Waals surface area (Å²) >= 11 is 0. The Hall–Kier alpha value is -0.650. The van der Waals surface area contributed by atoms with Gasteiger partial charge in [-0.25, -0.2) is 0 Å². The molecule has 0 saturated carbocycles. The first-order valence-corrected chi connectivity index (χ1v) is 6.19. The zero-order valence-corrected chi connectivity index (χ0v) is 11.2. The van der Waals surface area contributed by atoms with Crippen LogP contribution in [0.4, 0.5) is 0 Å². The van der Waals surface area contributed by atoms with E-state index in [2.05, 4.69) is 5.32 Å². The van der Waals surface area contributed by atoms with Gasteiger partial charge in [-0.1, -0.05) is 13.8 Å². The van der Waals surface area contributed by atoms with Gasteiger partial charge in [0.05, 0.1) is 33.0 Å². The molecule has 0 aromatic rings. The van der Waals surface area contributed by atoms with Crippen molar-refractivity contribution in [1.29, 1.82) is 0 Å². The van der Waals surface area contributed by atoms with Crippen molar-refractivity contribution in [3.8, 4) is 0 Å². The van der Waals surface area contributed by atoms with Crippen LogP contribution in [0.25, 0.3) is 0 Å². The Morgan fingerprint density at radius 2 is 1.53 bits per heavy atom. The molecule has 0 saturated heterocycles. The van der Waals surface area contributed by atoms with Crippen LogP contribution in [0.15, 0.2) is 0 Å². The van der Waals surface area contributed by atoms with Crippen molar-refractivity contribution in [2.45, 2.75) is 20.8 Å². The highest BCUT2D eigenvalue weighted by atomic mass is 16.5. The Kier molecular flexibility index (Phi) is 11.4. The van der Waals surface area contributed by atoms with E-state index in [4.69, 9.17) is 14.2 Å². The first-order valence-electron chi connectivity index (χ1n) is 6.19. The van der Waals surface area contributed by atoms with Crippen LogP contribution in [0.2, 0.25) is 0 Å². The van der Waals surface area contributed by atoms with Crippen LogP contribution in [0.5, 0.6) is 0 Å². The highest BCUT2D eigenvalue weighted by molar-refractivity contribution is 5.77. The van der Waals surface area contributed by atoms with Gasteiger partial charge in [0, 0.05) is 19.1 Å². The number of hydrogen-bond donors (Lipinski definition) is 1. The molecule has 1 N–H and O–H groups in total. The molecule has 0 bridgehead atoms. The van der Waals surface area contributed by atoms with Crippen LogP contribution in [-0.2, 0) is 19.0 Å². The monoisotopic (exact) mass is 247 g/mol. The molecule has 5 heteroatoms. The third kappa shape index (κ3) is 11.6. The molecule has 0 spiro atoms. The molecule has 0 aromatic carbocycles. The van der Waals surface area contributed by atoms with Gasteiger partial charge < -0.3 is 19.5 Å². The van der Waals surface area contributed by atoms with E-state index in [1.54, 1.807) is 0 Å². The first-order chi connectivity index (χ1) is 8.18. The quantitative estimate of drug-likeness (QED) is 0.549. The van der Waals surface area contributed by atoms with E-state index in [0.29, 0.717) is 39.6 Å². The number of ether oxygens (including phenoxy) is 3. The van der Waals surface area contributed by atoms with Crippen LogP contribution in [0, 0.1) is 5.92 Å². The summed E-state index contributed by atoms with van der Waals surface area (Å²) in [5, 5.41) is 2.78. The van der Waals surface area contributed by atoms with Crippen molar-refractivity contribution in [3.63, 3.8) is 0 Å². The van der Waals surface area contributed by atoms with E-state index in [1.807, 2.05) is 20.8 Å². The SMILES string of the molecule is CCOCCOCCOCCNC(=O)C(C)C. The minimum absolute atomic E-state index is 0.0249. The van der Waals surface area contributed by atoms with Gasteiger partial charge in [0.1, 0.15) is 0 Å². The molecule has 102 valence electrons. The number of amides is 1. The van der Waals surface area contributed by atoms with E-state index >= 15 is 0 Å². The predicted molar refractivity (Wildman–Crippen MR) is 66.0 cm³/mol. The normalized spacial score (nSPS) is 10.8. The lowest BCUT2D eigenvalue weighted by atomic mass is 10.2. The standard InChI is InChI=1S/C12H25NO4/c1-4-15-7-8-17-10-9-16-6-5-13-12(14)11(2)3/h11H,4-10H2,1-3H3,(H,13,14). The molecule has 0 atom stereocenters. The lowest BCUT2D eigenvalue weighted by molar-refractivity contribution is -0.124. The van der Waals surface area contributed by atoms with Crippen LogP contribution in [0.3, 0.4) is 0 Å². The van der Waals surface area contributed by atoms with Crippen LogP contribution in [0.1, 0.15) is 20.8 Å². The van der Waals surface area contributed by atoms with Gasteiger partial charge in [0.2, 0.25) is 5.91 Å². The molecule has 0 radical (unpaired) electrons. The molecule has 0 aromatic heterocycles. The van der Waals surface area contributed by atoms with E-state index in [0.717, 1.165) is 6.61 Å². The molecular formula is C12H25NO4. The van der Waals surface area contributed by atoms with Crippen LogP contribution >= 0.6 is 0 Å². The molecule has 17 heavy (non-hydrogen) atoms. The molecule has 0 rings (SSSR count). The summed E-state index contributed by atoms with van der Waals surface area (Å²) in [5.41, 5.74) is 0. The average molecular weight is 247 g/mol. The van der Waals surface area contributed by atoms with E-state index in [1.165, 1.54) is 0 Å². The van der Waals surface area contributed by atoms with Gasteiger partial charge in [-0.05, 0) is 6.92 Å². The largest absolute Gasteiger partial charge is 0.379 e. The maximum atomic E-state index is 11.2. The van der Waals surface area contributed by atoms with Gasteiger partial charge in [0.15, 0.2) is 0 Å². The molecule has 1 amide bonds. The Morgan fingerprint density at radius 3 is 2.06 bits per heavy atom. The van der Waals surface area contributed by atoms with Gasteiger partial charge in [-0.15, -0.1) is 0 Å². The Labute approximate surface area is 104 Å². The Bertz CT molecular complexity index is 185. The summed E-state index contributed by atoms with van der Waals surface area (Å²) in [6.45, 7) is 9.80. The number of rotatable bonds is 11. The second-order valence-corrected chi connectivity index (χ2v) is 3.87. The average Bonchev–Trinajstić information content (AvgIpc) is 2.31. The van der Waals surface area contributed by atoms with Crippen LogP contribution < -0.4 is 5.32 Å². The van der Waals surface area contributed by atoms with Crippen molar-refractivity contribution < 1.29 is 19.0 Å². The van der Waals surface area contributed by atoms with Gasteiger partial charge >= 0.3 is 0 Å². The maximum Gasteiger partial charge on any atom is 0.222 e. The summed E-state index contributed by atoms with van der Waals surface area (Å²) in [6, 6.07) is 0. The second kappa shape index (κ2) is 11.8. The Morgan fingerprint density at radius 1 is 1.00 bits per heavy atom. The molecule has 0 aliphatic rings. The van der Waals surface area contributed by atoms with Crippen molar-refractivity contribution in [3.05, 3.63) is 0 Å². The highest BCUT2D eigenvalue weighted by Gasteiger charge is 2.04. The fourth-order valence-electron chi connectivity index (χ4n) is 1.03. The minimum atomic E-state index is 0.0249. The number of nitrogens with one attached hydrogen (secondary N) is 1. The summed E-state index contributed by atoms with van der Waals surface area (Å²) in [7, 11) is 0. The number of hydrogen-bond acceptors (Lipinski definition) is 4. The van der Waals surface area contributed by atoms with Crippen molar-refractivity contribution in [2.75, 3.05) is 46.2 Å². The molecular weight excluding hydrogens is 222 g/mol. The minimum Gasteiger partial charge on any atom is -0.379 e. The molecule has 0 heterocycles. The van der Waals surface area contributed by atoms with Crippen LogP contribution in [-0.4, -0.2) is 52.1 Å². The molecule has 0 unspecified atom stereocenters. The van der Waals surface area contributed by atoms with Gasteiger partial charge in [-0.3, -0.25) is 4.79 Å². The fourth-order valence-corrected chi connectivity index (χ4v) is 1.03. The summed E-state index contributed by atoms with van der Waals surface area (Å²) in [4.78, 5) is 11.2. The second-order valence-electron chi connectivity index (χ2n) is 3.87. The summed E-state index contributed by atoms with van der Waals surface area (Å²) < 4.78 is 15.7. The van der Waals surface area contributed by atoms with Gasteiger partial charge in [-0.2, -0.15) is 0 Å². The molecule has 0 fully saturated rings. The topological polar surface area (TPSA) is 56.8 Å². The summed E-state index contributed by atoms with van der Waals surface area (Å²) in [5.74, 6) is 0.0819.